The van der Waals surface area contributed by atoms with Gasteiger partial charge in [0.15, 0.2) is 0 Å². The number of nitrogens with one attached hydrogen (secondary N) is 1. The molecule has 0 fully saturated rings. The second kappa shape index (κ2) is 6.99. The van der Waals surface area contributed by atoms with Crippen LogP contribution in [-0.2, 0) is 4.79 Å². The van der Waals surface area contributed by atoms with Crippen LogP contribution in [0, 0.1) is 6.92 Å². The van der Waals surface area contributed by atoms with Crippen LogP contribution in [0.25, 0.3) is 5.82 Å². The first kappa shape index (κ1) is 15.2. The molecule has 0 spiro atoms. The fourth-order valence-corrected chi connectivity index (χ4v) is 2.01. The van der Waals surface area contributed by atoms with Crippen molar-refractivity contribution < 1.29 is 4.79 Å². The molecule has 2 aromatic heterocycles. The van der Waals surface area contributed by atoms with Gasteiger partial charge in [-0.05, 0) is 25.5 Å². The van der Waals surface area contributed by atoms with Crippen LogP contribution in [-0.4, -0.2) is 26.5 Å². The van der Waals surface area contributed by atoms with Crippen molar-refractivity contribution >= 4 is 11.6 Å². The Balaban J connectivity index is 2.00. The summed E-state index contributed by atoms with van der Waals surface area (Å²) in [5, 5.41) is 2.79. The lowest BCUT2D eigenvalue weighted by Gasteiger charge is -2.12. The van der Waals surface area contributed by atoms with Crippen LogP contribution in [0.2, 0.25) is 0 Å². The molecule has 0 aromatic carbocycles. The molecule has 6 heteroatoms. The predicted octanol–water partition coefficient (Wildman–Crippen LogP) is 2.03. The molecule has 2 heterocycles. The van der Waals surface area contributed by atoms with Gasteiger partial charge in [0.05, 0.1) is 17.9 Å². The highest BCUT2D eigenvalue weighted by atomic mass is 16.2. The number of carbonyl (C=O) groups is 1. The van der Waals surface area contributed by atoms with E-state index in [0.29, 0.717) is 12.1 Å². The number of carbonyl (C=O) groups excluding carboxylic acids is 1. The Morgan fingerprint density at radius 2 is 2.24 bits per heavy atom. The SMILES string of the molecule is CCCC[C@H](N)C(=O)Nc1ccc(-n2ccnc2C)nc1. The van der Waals surface area contributed by atoms with E-state index < -0.39 is 6.04 Å². The second-order valence-corrected chi connectivity index (χ2v) is 4.99. The number of hydrogen-bond acceptors (Lipinski definition) is 4. The van der Waals surface area contributed by atoms with Crippen LogP contribution in [0.1, 0.15) is 32.0 Å². The van der Waals surface area contributed by atoms with Gasteiger partial charge in [0.1, 0.15) is 11.6 Å². The van der Waals surface area contributed by atoms with Gasteiger partial charge in [0.25, 0.3) is 0 Å². The third-order valence-electron chi connectivity index (χ3n) is 3.29. The maximum atomic E-state index is 11.9. The van der Waals surface area contributed by atoms with Crippen molar-refractivity contribution in [1.29, 1.82) is 0 Å². The van der Waals surface area contributed by atoms with Gasteiger partial charge < -0.3 is 11.1 Å². The Bertz CT molecular complexity index is 590. The lowest BCUT2D eigenvalue weighted by Crippen LogP contribution is -2.35. The van der Waals surface area contributed by atoms with Crippen LogP contribution in [0.3, 0.4) is 0 Å². The Labute approximate surface area is 124 Å². The number of nitrogens with two attached hydrogens (primary N) is 1. The summed E-state index contributed by atoms with van der Waals surface area (Å²) in [5.74, 6) is 1.45. The number of rotatable bonds is 6. The zero-order valence-electron chi connectivity index (χ0n) is 12.4. The minimum atomic E-state index is -0.472. The monoisotopic (exact) mass is 287 g/mol. The predicted molar refractivity (Wildman–Crippen MR) is 82.2 cm³/mol. The standard InChI is InChI=1S/C15H21N5O/c1-3-4-5-13(16)15(21)19-12-6-7-14(18-10-12)20-9-8-17-11(20)2/h6-10,13H,3-5,16H2,1-2H3,(H,19,21)/t13-/m0/s1. The molecule has 0 bridgehead atoms. The van der Waals surface area contributed by atoms with E-state index in [2.05, 4.69) is 22.2 Å². The average Bonchev–Trinajstić information content (AvgIpc) is 2.91. The lowest BCUT2D eigenvalue weighted by atomic mass is 10.1. The van der Waals surface area contributed by atoms with Gasteiger partial charge in [-0.25, -0.2) is 9.97 Å². The van der Waals surface area contributed by atoms with E-state index in [1.807, 2.05) is 29.8 Å². The molecule has 3 N–H and O–H groups in total. The summed E-state index contributed by atoms with van der Waals surface area (Å²) in [6.07, 6.45) is 7.87. The molecule has 0 radical (unpaired) electrons. The van der Waals surface area contributed by atoms with Crippen molar-refractivity contribution in [3.05, 3.63) is 36.5 Å². The van der Waals surface area contributed by atoms with E-state index in [1.165, 1.54) is 0 Å². The van der Waals surface area contributed by atoms with Gasteiger partial charge >= 0.3 is 0 Å². The molecular weight excluding hydrogens is 266 g/mol. The molecule has 0 aliphatic rings. The largest absolute Gasteiger partial charge is 0.323 e. The van der Waals surface area contributed by atoms with Crippen molar-refractivity contribution in [3.8, 4) is 5.82 Å². The molecule has 0 aliphatic carbocycles. The molecule has 0 unspecified atom stereocenters. The molecule has 1 atom stereocenters. The number of unbranched alkanes of at least 4 members (excludes halogenated alkanes) is 1. The Kier molecular flexibility index (Phi) is 5.05. The quantitative estimate of drug-likeness (QED) is 0.851. The number of aryl methyl sites for hydroxylation is 1. The van der Waals surface area contributed by atoms with Gasteiger partial charge in [0, 0.05) is 12.4 Å². The fourth-order valence-electron chi connectivity index (χ4n) is 2.01. The highest BCUT2D eigenvalue weighted by Crippen LogP contribution is 2.12. The second-order valence-electron chi connectivity index (χ2n) is 4.99. The number of pyridine rings is 1. The molecule has 2 aromatic rings. The van der Waals surface area contributed by atoms with Crippen molar-refractivity contribution in [2.24, 2.45) is 5.73 Å². The van der Waals surface area contributed by atoms with Crippen LogP contribution in [0.4, 0.5) is 5.69 Å². The van der Waals surface area contributed by atoms with Crippen molar-refractivity contribution in [3.63, 3.8) is 0 Å². The number of nitrogens with zero attached hydrogens (tertiary/aromatic N) is 3. The topological polar surface area (TPSA) is 85.8 Å². The number of amides is 1. The van der Waals surface area contributed by atoms with Gasteiger partial charge in [0.2, 0.25) is 5.91 Å². The number of hydrogen-bond donors (Lipinski definition) is 2. The van der Waals surface area contributed by atoms with E-state index in [-0.39, 0.29) is 5.91 Å². The van der Waals surface area contributed by atoms with Gasteiger partial charge in [-0.15, -0.1) is 0 Å². The zero-order valence-corrected chi connectivity index (χ0v) is 12.4. The number of aromatic nitrogens is 3. The summed E-state index contributed by atoms with van der Waals surface area (Å²) in [5.41, 5.74) is 6.48. The van der Waals surface area contributed by atoms with Gasteiger partial charge in [-0.2, -0.15) is 0 Å². The summed E-state index contributed by atoms with van der Waals surface area (Å²) < 4.78 is 1.87. The third kappa shape index (κ3) is 3.88. The summed E-state index contributed by atoms with van der Waals surface area (Å²) in [6, 6.07) is 3.18. The van der Waals surface area contributed by atoms with Crippen molar-refractivity contribution in [2.75, 3.05) is 5.32 Å². The molecule has 112 valence electrons. The summed E-state index contributed by atoms with van der Waals surface area (Å²) >= 11 is 0. The maximum Gasteiger partial charge on any atom is 0.241 e. The van der Waals surface area contributed by atoms with E-state index in [4.69, 9.17) is 5.73 Å². The minimum absolute atomic E-state index is 0.170. The zero-order chi connectivity index (χ0) is 15.2. The van der Waals surface area contributed by atoms with Crippen molar-refractivity contribution in [1.82, 2.24) is 14.5 Å². The smallest absolute Gasteiger partial charge is 0.241 e. The average molecular weight is 287 g/mol. The molecule has 21 heavy (non-hydrogen) atoms. The van der Waals surface area contributed by atoms with Gasteiger partial charge in [-0.1, -0.05) is 19.8 Å². The molecule has 6 nitrogen and oxygen atoms in total. The first-order valence-electron chi connectivity index (χ1n) is 7.14. The summed E-state index contributed by atoms with van der Waals surface area (Å²) in [7, 11) is 0. The fraction of sp³-hybridized carbons (Fsp3) is 0.400. The van der Waals surface area contributed by atoms with E-state index >= 15 is 0 Å². The maximum absolute atomic E-state index is 11.9. The van der Waals surface area contributed by atoms with Crippen LogP contribution < -0.4 is 11.1 Å². The first-order valence-corrected chi connectivity index (χ1v) is 7.14. The molecule has 0 saturated heterocycles. The molecular formula is C15H21N5O. The van der Waals surface area contributed by atoms with Crippen LogP contribution in [0.15, 0.2) is 30.7 Å². The van der Waals surface area contributed by atoms with Crippen LogP contribution >= 0.6 is 0 Å². The Morgan fingerprint density at radius 3 is 2.81 bits per heavy atom. The van der Waals surface area contributed by atoms with Gasteiger partial charge in [-0.3, -0.25) is 9.36 Å². The third-order valence-corrected chi connectivity index (χ3v) is 3.29. The van der Waals surface area contributed by atoms with Crippen molar-refractivity contribution in [2.45, 2.75) is 39.2 Å². The van der Waals surface area contributed by atoms with Crippen LogP contribution in [0.5, 0.6) is 0 Å². The highest BCUT2D eigenvalue weighted by Gasteiger charge is 2.13. The summed E-state index contributed by atoms with van der Waals surface area (Å²) in [4.78, 5) is 20.4. The van der Waals surface area contributed by atoms with E-state index in [1.54, 1.807) is 12.4 Å². The highest BCUT2D eigenvalue weighted by molar-refractivity contribution is 5.94. The van der Waals surface area contributed by atoms with E-state index in [0.717, 1.165) is 24.5 Å². The number of imidazole rings is 1. The molecule has 0 aliphatic heterocycles. The number of anilines is 1. The Morgan fingerprint density at radius 1 is 1.43 bits per heavy atom. The first-order chi connectivity index (χ1) is 10.1. The van der Waals surface area contributed by atoms with E-state index in [9.17, 15) is 4.79 Å². The summed E-state index contributed by atoms with van der Waals surface area (Å²) in [6.45, 7) is 3.98. The Hall–Kier alpha value is -2.21. The lowest BCUT2D eigenvalue weighted by molar-refractivity contribution is -0.117. The normalized spacial score (nSPS) is 12.1. The molecule has 2 rings (SSSR count). The minimum Gasteiger partial charge on any atom is -0.323 e. The molecule has 0 saturated carbocycles. The molecule has 1 amide bonds.